The molecule has 5 atom stereocenters. The van der Waals surface area contributed by atoms with Gasteiger partial charge < -0.3 is 32.5 Å². The molecule has 0 aliphatic rings. The lowest BCUT2D eigenvalue weighted by atomic mass is 9.98. The van der Waals surface area contributed by atoms with Gasteiger partial charge >= 0.3 is 5.97 Å². The Morgan fingerprint density at radius 1 is 0.912 bits per heavy atom. The zero-order valence-electron chi connectivity index (χ0n) is 20.3. The number of unbranched alkanes of at least 4 members (excludes halogenated alkanes) is 1. The highest BCUT2D eigenvalue weighted by Crippen LogP contribution is 2.09. The van der Waals surface area contributed by atoms with Gasteiger partial charge in [0, 0.05) is 6.42 Å². The maximum absolute atomic E-state index is 13.2. The Kier molecular flexibility index (Phi) is 12.8. The molecule has 190 valence electrons. The van der Waals surface area contributed by atoms with Crippen LogP contribution in [-0.2, 0) is 25.6 Å². The molecule has 8 N–H and O–H groups in total. The zero-order chi connectivity index (χ0) is 25.7. The highest BCUT2D eigenvalue weighted by molar-refractivity contribution is 5.94. The molecule has 10 nitrogen and oxygen atoms in total. The van der Waals surface area contributed by atoms with E-state index in [4.69, 9.17) is 16.6 Å². The molecule has 10 heteroatoms. The van der Waals surface area contributed by atoms with Crippen molar-refractivity contribution >= 4 is 23.7 Å². The van der Waals surface area contributed by atoms with Crippen LogP contribution in [-0.4, -0.2) is 59.5 Å². The molecule has 5 unspecified atom stereocenters. The van der Waals surface area contributed by atoms with E-state index < -0.39 is 47.9 Å². The molecule has 0 fully saturated rings. The van der Waals surface area contributed by atoms with Crippen LogP contribution in [0, 0.1) is 5.92 Å². The predicted molar refractivity (Wildman–Crippen MR) is 130 cm³/mol. The van der Waals surface area contributed by atoms with Crippen LogP contribution in [0.25, 0.3) is 0 Å². The van der Waals surface area contributed by atoms with E-state index >= 15 is 0 Å². The van der Waals surface area contributed by atoms with Gasteiger partial charge in [0.15, 0.2) is 0 Å². The van der Waals surface area contributed by atoms with Crippen molar-refractivity contribution < 1.29 is 24.3 Å². The summed E-state index contributed by atoms with van der Waals surface area (Å²) in [6, 6.07) is 5.21. The van der Waals surface area contributed by atoms with Crippen LogP contribution in [0.4, 0.5) is 0 Å². The SMILES string of the molecule is CCC(C)C(N)C(=O)NC(CCCCN)C(=O)NC(Cc1ccccc1)C(=O)NC(C)C(=O)O. The van der Waals surface area contributed by atoms with Gasteiger partial charge in [-0.05, 0) is 44.2 Å². The molecule has 0 bridgehead atoms. The minimum absolute atomic E-state index is 0.0677. The fourth-order valence-electron chi connectivity index (χ4n) is 3.25. The molecule has 0 heterocycles. The van der Waals surface area contributed by atoms with E-state index in [-0.39, 0.29) is 12.3 Å². The summed E-state index contributed by atoms with van der Waals surface area (Å²) in [6.07, 6.45) is 2.45. The average molecular weight is 478 g/mol. The Morgan fingerprint density at radius 3 is 2.06 bits per heavy atom. The molecular formula is C24H39N5O5. The molecule has 0 saturated carbocycles. The van der Waals surface area contributed by atoms with Gasteiger partial charge in [-0.3, -0.25) is 19.2 Å². The van der Waals surface area contributed by atoms with Gasteiger partial charge in [0.2, 0.25) is 17.7 Å². The lowest BCUT2D eigenvalue weighted by molar-refractivity contribution is -0.141. The molecule has 0 aliphatic heterocycles. The van der Waals surface area contributed by atoms with Crippen LogP contribution in [0.1, 0.15) is 52.0 Å². The number of carbonyl (C=O) groups excluding carboxylic acids is 3. The first-order valence-corrected chi connectivity index (χ1v) is 11.7. The van der Waals surface area contributed by atoms with Crippen molar-refractivity contribution in [2.75, 3.05) is 6.54 Å². The number of carboxylic acid groups (broad SMARTS) is 1. The fraction of sp³-hybridized carbons (Fsp3) is 0.583. The Hall–Kier alpha value is -2.98. The minimum atomic E-state index is -1.19. The van der Waals surface area contributed by atoms with Crippen LogP contribution in [0.3, 0.4) is 0 Å². The van der Waals surface area contributed by atoms with Crippen LogP contribution in [0.2, 0.25) is 0 Å². The fourth-order valence-corrected chi connectivity index (χ4v) is 3.25. The summed E-state index contributed by atoms with van der Waals surface area (Å²) < 4.78 is 0. The standard InChI is InChI=1S/C24H39N5O5/c1-4-15(2)20(26)23(32)28-18(12-8-9-13-25)21(30)29-19(14-17-10-6-5-7-11-17)22(31)27-16(3)24(33)34/h5-7,10-11,15-16,18-20H,4,8-9,12-14,25-26H2,1-3H3,(H,27,31)(H,28,32)(H,29,30)(H,33,34). The minimum Gasteiger partial charge on any atom is -0.480 e. The van der Waals surface area contributed by atoms with Crippen molar-refractivity contribution in [2.45, 2.75) is 77.0 Å². The molecule has 3 amide bonds. The van der Waals surface area contributed by atoms with Crippen LogP contribution in [0.15, 0.2) is 30.3 Å². The first-order valence-electron chi connectivity index (χ1n) is 11.7. The Labute approximate surface area is 201 Å². The van der Waals surface area contributed by atoms with E-state index in [1.165, 1.54) is 6.92 Å². The maximum Gasteiger partial charge on any atom is 0.325 e. The van der Waals surface area contributed by atoms with Crippen molar-refractivity contribution in [1.29, 1.82) is 0 Å². The van der Waals surface area contributed by atoms with Crippen molar-refractivity contribution in [3.05, 3.63) is 35.9 Å². The van der Waals surface area contributed by atoms with E-state index in [1.54, 1.807) is 24.3 Å². The van der Waals surface area contributed by atoms with Gasteiger partial charge in [-0.2, -0.15) is 0 Å². The molecule has 0 spiro atoms. The quantitative estimate of drug-likeness (QED) is 0.197. The number of carboxylic acids is 1. The smallest absolute Gasteiger partial charge is 0.325 e. The number of amides is 3. The van der Waals surface area contributed by atoms with Crippen LogP contribution < -0.4 is 27.4 Å². The summed E-state index contributed by atoms with van der Waals surface area (Å²) in [5.74, 6) is -2.87. The van der Waals surface area contributed by atoms with Crippen molar-refractivity contribution in [1.82, 2.24) is 16.0 Å². The third kappa shape index (κ3) is 9.88. The van der Waals surface area contributed by atoms with E-state index in [9.17, 15) is 19.2 Å². The van der Waals surface area contributed by atoms with Gasteiger partial charge in [-0.15, -0.1) is 0 Å². The number of hydrogen-bond acceptors (Lipinski definition) is 6. The first-order chi connectivity index (χ1) is 16.1. The maximum atomic E-state index is 13.2. The number of hydrogen-bond donors (Lipinski definition) is 6. The molecule has 1 aromatic rings. The van der Waals surface area contributed by atoms with E-state index in [2.05, 4.69) is 16.0 Å². The summed E-state index contributed by atoms with van der Waals surface area (Å²) in [4.78, 5) is 49.8. The normalized spacial score (nSPS) is 15.3. The van der Waals surface area contributed by atoms with Gasteiger partial charge in [0.25, 0.3) is 0 Å². The lowest BCUT2D eigenvalue weighted by Gasteiger charge is -2.26. The van der Waals surface area contributed by atoms with Gasteiger partial charge in [-0.25, -0.2) is 0 Å². The Balaban J connectivity index is 3.04. The molecule has 1 rings (SSSR count). The number of nitrogens with one attached hydrogen (secondary N) is 3. The number of carbonyl (C=O) groups is 4. The Bertz CT molecular complexity index is 804. The topological polar surface area (TPSA) is 177 Å². The number of rotatable bonds is 15. The number of nitrogens with two attached hydrogens (primary N) is 2. The highest BCUT2D eigenvalue weighted by atomic mass is 16.4. The van der Waals surface area contributed by atoms with Gasteiger partial charge in [0.05, 0.1) is 6.04 Å². The Morgan fingerprint density at radius 2 is 1.50 bits per heavy atom. The molecule has 34 heavy (non-hydrogen) atoms. The van der Waals surface area contributed by atoms with Gasteiger partial charge in [0.1, 0.15) is 18.1 Å². The summed E-state index contributed by atoms with van der Waals surface area (Å²) in [5, 5.41) is 16.9. The third-order valence-corrected chi connectivity index (χ3v) is 5.78. The summed E-state index contributed by atoms with van der Waals surface area (Å²) in [6.45, 7) is 5.57. The first kappa shape index (κ1) is 29.1. The second kappa shape index (κ2) is 15.0. The molecular weight excluding hydrogens is 438 g/mol. The number of aliphatic carboxylic acids is 1. The molecule has 0 aromatic heterocycles. The zero-order valence-corrected chi connectivity index (χ0v) is 20.3. The monoisotopic (exact) mass is 477 g/mol. The van der Waals surface area contributed by atoms with Gasteiger partial charge in [-0.1, -0.05) is 50.6 Å². The summed E-state index contributed by atoms with van der Waals surface area (Å²) in [7, 11) is 0. The second-order valence-electron chi connectivity index (χ2n) is 8.58. The second-order valence-corrected chi connectivity index (χ2v) is 8.58. The summed E-state index contributed by atoms with van der Waals surface area (Å²) in [5.41, 5.74) is 12.4. The third-order valence-electron chi connectivity index (χ3n) is 5.78. The lowest BCUT2D eigenvalue weighted by Crippen LogP contribution is -2.57. The molecule has 0 radical (unpaired) electrons. The van der Waals surface area contributed by atoms with Crippen molar-refractivity contribution in [3.8, 4) is 0 Å². The van der Waals surface area contributed by atoms with E-state index in [1.807, 2.05) is 19.9 Å². The largest absolute Gasteiger partial charge is 0.480 e. The van der Waals surface area contributed by atoms with Crippen molar-refractivity contribution in [3.63, 3.8) is 0 Å². The number of benzene rings is 1. The van der Waals surface area contributed by atoms with Crippen LogP contribution >= 0.6 is 0 Å². The molecule has 0 saturated heterocycles. The molecule has 1 aromatic carbocycles. The van der Waals surface area contributed by atoms with Crippen molar-refractivity contribution in [2.24, 2.45) is 17.4 Å². The van der Waals surface area contributed by atoms with E-state index in [0.29, 0.717) is 32.2 Å². The molecule has 0 aliphatic carbocycles. The van der Waals surface area contributed by atoms with E-state index in [0.717, 1.165) is 5.56 Å². The highest BCUT2D eigenvalue weighted by Gasteiger charge is 2.30. The van der Waals surface area contributed by atoms with Crippen LogP contribution in [0.5, 0.6) is 0 Å². The summed E-state index contributed by atoms with van der Waals surface area (Å²) >= 11 is 0. The average Bonchev–Trinajstić information content (AvgIpc) is 2.82. The predicted octanol–water partition coefficient (Wildman–Crippen LogP) is 0.290.